The predicted molar refractivity (Wildman–Crippen MR) is 98.4 cm³/mol. The van der Waals surface area contributed by atoms with Crippen LogP contribution in [0.5, 0.6) is 5.75 Å². The number of amides is 2. The molecule has 3 rings (SSSR count). The van der Waals surface area contributed by atoms with Crippen LogP contribution in [0.3, 0.4) is 0 Å². The number of fused-ring (bicyclic) bond motifs is 1. The van der Waals surface area contributed by atoms with Gasteiger partial charge in [-0.15, -0.1) is 0 Å². The van der Waals surface area contributed by atoms with Gasteiger partial charge in [0.05, 0.1) is 6.54 Å². The molecular weight excluding hydrogens is 370 g/mol. The molecule has 0 aliphatic rings. The van der Waals surface area contributed by atoms with Crippen molar-refractivity contribution in [1.29, 1.82) is 0 Å². The van der Waals surface area contributed by atoms with Gasteiger partial charge in [-0.3, -0.25) is 4.98 Å². The Morgan fingerprint density at radius 2 is 1.88 bits per heavy atom. The van der Waals surface area contributed by atoms with Gasteiger partial charge in [0.25, 0.3) is 0 Å². The third-order valence-corrected chi connectivity index (χ3v) is 3.87. The lowest BCUT2D eigenvalue weighted by Gasteiger charge is -2.10. The van der Waals surface area contributed by atoms with E-state index < -0.39 is 0 Å². The van der Waals surface area contributed by atoms with Crippen LogP contribution in [0.4, 0.5) is 10.5 Å². The number of hydrogen-bond donors (Lipinski definition) is 2. The molecule has 1 aromatic heterocycles. The fourth-order valence-corrected chi connectivity index (χ4v) is 2.49. The molecule has 0 atom stereocenters. The third-order valence-electron chi connectivity index (χ3n) is 3.34. The highest BCUT2D eigenvalue weighted by Gasteiger charge is 2.04. The van der Waals surface area contributed by atoms with Crippen molar-refractivity contribution in [3.8, 4) is 5.75 Å². The van der Waals surface area contributed by atoms with E-state index in [0.717, 1.165) is 21.1 Å². The fourth-order valence-electron chi connectivity index (χ4n) is 2.23. The summed E-state index contributed by atoms with van der Waals surface area (Å²) in [4.78, 5) is 16.1. The molecule has 0 aliphatic heterocycles. The summed E-state index contributed by atoms with van der Waals surface area (Å²) in [5.74, 6) is 0.711. The minimum absolute atomic E-state index is 0.267. The Kier molecular flexibility index (Phi) is 5.28. The molecule has 0 unspecified atom stereocenters. The van der Waals surface area contributed by atoms with Gasteiger partial charge in [-0.2, -0.15) is 0 Å². The molecule has 2 aromatic carbocycles. The van der Waals surface area contributed by atoms with Crippen LogP contribution in [0.2, 0.25) is 0 Å². The van der Waals surface area contributed by atoms with Gasteiger partial charge >= 0.3 is 6.03 Å². The average Bonchev–Trinajstić information content (AvgIpc) is 2.61. The van der Waals surface area contributed by atoms with E-state index in [0.29, 0.717) is 18.9 Å². The Labute approximate surface area is 148 Å². The lowest BCUT2D eigenvalue weighted by molar-refractivity contribution is 0.247. The van der Waals surface area contributed by atoms with E-state index in [-0.39, 0.29) is 6.03 Å². The van der Waals surface area contributed by atoms with E-state index >= 15 is 0 Å². The Morgan fingerprint density at radius 1 is 1.08 bits per heavy atom. The van der Waals surface area contributed by atoms with Crippen molar-refractivity contribution in [1.82, 2.24) is 10.3 Å². The van der Waals surface area contributed by atoms with Crippen molar-refractivity contribution in [2.45, 2.75) is 0 Å². The third kappa shape index (κ3) is 4.23. The maximum Gasteiger partial charge on any atom is 0.319 e. The first-order chi connectivity index (χ1) is 11.7. The van der Waals surface area contributed by atoms with Gasteiger partial charge in [-0.05, 0) is 36.4 Å². The van der Waals surface area contributed by atoms with E-state index in [1.165, 1.54) is 0 Å². The smallest absolute Gasteiger partial charge is 0.319 e. The van der Waals surface area contributed by atoms with Crippen LogP contribution in [-0.4, -0.2) is 24.2 Å². The zero-order chi connectivity index (χ0) is 16.8. The van der Waals surface area contributed by atoms with E-state index in [1.54, 1.807) is 6.20 Å². The van der Waals surface area contributed by atoms with Crippen LogP contribution in [-0.2, 0) is 0 Å². The molecule has 24 heavy (non-hydrogen) atoms. The van der Waals surface area contributed by atoms with E-state index in [2.05, 4.69) is 31.5 Å². The van der Waals surface area contributed by atoms with Crippen molar-refractivity contribution in [2.75, 3.05) is 18.5 Å². The second-order valence-electron chi connectivity index (χ2n) is 5.07. The zero-order valence-corrected chi connectivity index (χ0v) is 14.4. The summed E-state index contributed by atoms with van der Waals surface area (Å²) >= 11 is 3.35. The number of carbonyl (C=O) groups is 1. The molecule has 6 heteroatoms. The van der Waals surface area contributed by atoms with Crippen molar-refractivity contribution in [2.24, 2.45) is 0 Å². The average molecular weight is 386 g/mol. The van der Waals surface area contributed by atoms with Gasteiger partial charge in [0, 0.05) is 21.7 Å². The highest BCUT2D eigenvalue weighted by molar-refractivity contribution is 9.10. The van der Waals surface area contributed by atoms with Gasteiger partial charge in [-0.1, -0.05) is 34.1 Å². The standard InChI is InChI=1S/C18H16BrN3O2/c19-14-6-8-15(9-7-14)22-18(23)21-11-12-24-16-5-1-3-13-4-2-10-20-17(13)16/h1-10H,11-12H2,(H2,21,22,23). The number of anilines is 1. The molecule has 0 aliphatic carbocycles. The quantitative estimate of drug-likeness (QED) is 0.646. The highest BCUT2D eigenvalue weighted by Crippen LogP contribution is 2.22. The number of para-hydroxylation sites is 1. The molecule has 0 spiro atoms. The first-order valence-corrected chi connectivity index (χ1v) is 8.28. The summed E-state index contributed by atoms with van der Waals surface area (Å²) in [6, 6.07) is 16.8. The molecule has 3 aromatic rings. The second-order valence-corrected chi connectivity index (χ2v) is 5.98. The molecule has 0 saturated carbocycles. The van der Waals surface area contributed by atoms with Crippen LogP contribution in [0.15, 0.2) is 65.3 Å². The summed E-state index contributed by atoms with van der Waals surface area (Å²) in [7, 11) is 0. The molecule has 2 N–H and O–H groups in total. The number of benzene rings is 2. The fraction of sp³-hybridized carbons (Fsp3) is 0.111. The first-order valence-electron chi connectivity index (χ1n) is 7.49. The first kappa shape index (κ1) is 16.3. The number of rotatable bonds is 5. The van der Waals surface area contributed by atoms with Crippen molar-refractivity contribution >= 4 is 38.6 Å². The number of nitrogens with zero attached hydrogens (tertiary/aromatic N) is 1. The monoisotopic (exact) mass is 385 g/mol. The Bertz CT molecular complexity index is 832. The van der Waals surface area contributed by atoms with Gasteiger partial charge < -0.3 is 15.4 Å². The minimum atomic E-state index is -0.267. The molecule has 5 nitrogen and oxygen atoms in total. The molecule has 0 radical (unpaired) electrons. The summed E-state index contributed by atoms with van der Waals surface area (Å²) in [5, 5.41) is 6.54. The lowest BCUT2D eigenvalue weighted by atomic mass is 10.2. The maximum atomic E-state index is 11.8. The number of aromatic nitrogens is 1. The SMILES string of the molecule is O=C(NCCOc1cccc2cccnc12)Nc1ccc(Br)cc1. The predicted octanol–water partition coefficient (Wildman–Crippen LogP) is 4.20. The molecule has 122 valence electrons. The van der Waals surface area contributed by atoms with Gasteiger partial charge in [0.1, 0.15) is 17.9 Å². The summed E-state index contributed by atoms with van der Waals surface area (Å²) in [6.07, 6.45) is 1.74. The second kappa shape index (κ2) is 7.79. The number of nitrogens with one attached hydrogen (secondary N) is 2. The molecule has 2 amide bonds. The number of halogens is 1. The molecular formula is C18H16BrN3O2. The lowest BCUT2D eigenvalue weighted by Crippen LogP contribution is -2.32. The normalized spacial score (nSPS) is 10.4. The molecule has 0 saturated heterocycles. The largest absolute Gasteiger partial charge is 0.489 e. The maximum absolute atomic E-state index is 11.8. The molecule has 0 fully saturated rings. The van der Waals surface area contributed by atoms with Gasteiger partial charge in [0.2, 0.25) is 0 Å². The Hall–Kier alpha value is -2.60. The number of hydrogen-bond acceptors (Lipinski definition) is 3. The number of carbonyl (C=O) groups excluding carboxylic acids is 1. The molecule has 1 heterocycles. The summed E-state index contributed by atoms with van der Waals surface area (Å²) < 4.78 is 6.69. The van der Waals surface area contributed by atoms with Crippen LogP contribution in [0, 0.1) is 0 Å². The van der Waals surface area contributed by atoms with Crippen molar-refractivity contribution in [3.05, 3.63) is 65.3 Å². The minimum Gasteiger partial charge on any atom is -0.489 e. The summed E-state index contributed by atoms with van der Waals surface area (Å²) in [5.41, 5.74) is 1.55. The van der Waals surface area contributed by atoms with E-state index in [4.69, 9.17) is 4.74 Å². The van der Waals surface area contributed by atoms with Crippen LogP contribution < -0.4 is 15.4 Å². The molecule has 0 bridgehead atoms. The van der Waals surface area contributed by atoms with Crippen LogP contribution >= 0.6 is 15.9 Å². The number of urea groups is 1. The van der Waals surface area contributed by atoms with Gasteiger partial charge in [-0.25, -0.2) is 4.79 Å². The van der Waals surface area contributed by atoms with Crippen LogP contribution in [0.1, 0.15) is 0 Å². The highest BCUT2D eigenvalue weighted by atomic mass is 79.9. The topological polar surface area (TPSA) is 63.2 Å². The van der Waals surface area contributed by atoms with Crippen molar-refractivity contribution in [3.63, 3.8) is 0 Å². The van der Waals surface area contributed by atoms with Crippen LogP contribution in [0.25, 0.3) is 10.9 Å². The number of ether oxygens (including phenoxy) is 1. The van der Waals surface area contributed by atoms with Crippen molar-refractivity contribution < 1.29 is 9.53 Å². The van der Waals surface area contributed by atoms with E-state index in [9.17, 15) is 4.79 Å². The van der Waals surface area contributed by atoms with Gasteiger partial charge in [0.15, 0.2) is 0 Å². The summed E-state index contributed by atoms with van der Waals surface area (Å²) in [6.45, 7) is 0.759. The number of pyridine rings is 1. The Morgan fingerprint density at radius 3 is 2.71 bits per heavy atom. The Balaban J connectivity index is 1.48. The zero-order valence-electron chi connectivity index (χ0n) is 12.8. The van der Waals surface area contributed by atoms with E-state index in [1.807, 2.05) is 54.6 Å².